The molecule has 0 aromatic carbocycles. The second-order valence-corrected chi connectivity index (χ2v) is 4.17. The van der Waals surface area contributed by atoms with Crippen molar-refractivity contribution in [2.45, 2.75) is 33.0 Å². The van der Waals surface area contributed by atoms with Gasteiger partial charge < -0.3 is 14.5 Å². The summed E-state index contributed by atoms with van der Waals surface area (Å²) >= 11 is 0. The lowest BCUT2D eigenvalue weighted by Gasteiger charge is -2.15. The van der Waals surface area contributed by atoms with Crippen LogP contribution in [0.5, 0.6) is 0 Å². The molecule has 1 atom stereocenters. The Morgan fingerprint density at radius 1 is 1.39 bits per heavy atom. The molecular weight excluding hydrogens is 230 g/mol. The topological polar surface area (TPSA) is 64.7 Å². The lowest BCUT2D eigenvalue weighted by molar-refractivity contribution is 0.613. The Hall–Kier alpha value is -2.11. The van der Waals surface area contributed by atoms with Gasteiger partial charge in [-0.15, -0.1) is 0 Å². The van der Waals surface area contributed by atoms with Crippen LogP contribution in [-0.2, 0) is 13.1 Å². The molecule has 18 heavy (non-hydrogen) atoms. The van der Waals surface area contributed by atoms with Crippen molar-refractivity contribution in [2.75, 3.05) is 5.32 Å². The maximum atomic E-state index is 12.0. The van der Waals surface area contributed by atoms with Gasteiger partial charge in [-0.05, 0) is 13.8 Å². The van der Waals surface area contributed by atoms with Gasteiger partial charge in [0.15, 0.2) is 5.82 Å². The van der Waals surface area contributed by atoms with Gasteiger partial charge in [-0.1, -0.05) is 0 Å². The molecule has 0 bridgehead atoms. The predicted molar refractivity (Wildman–Crippen MR) is 69.5 cm³/mol. The van der Waals surface area contributed by atoms with Gasteiger partial charge >= 0.3 is 0 Å². The molecule has 0 aliphatic rings. The van der Waals surface area contributed by atoms with E-state index < -0.39 is 0 Å². The average molecular weight is 247 g/mol. The van der Waals surface area contributed by atoms with Crippen LogP contribution in [0.15, 0.2) is 35.9 Å². The molecule has 6 nitrogen and oxygen atoms in total. The van der Waals surface area contributed by atoms with Gasteiger partial charge in [-0.2, -0.15) is 0 Å². The lowest BCUT2D eigenvalue weighted by atomic mass is 10.3. The van der Waals surface area contributed by atoms with Crippen LogP contribution in [0.2, 0.25) is 0 Å². The summed E-state index contributed by atoms with van der Waals surface area (Å²) in [5.41, 5.74) is -0.0857. The smallest absolute Gasteiger partial charge is 0.293 e. The molecule has 0 fully saturated rings. The fourth-order valence-corrected chi connectivity index (χ4v) is 1.79. The van der Waals surface area contributed by atoms with Crippen molar-refractivity contribution in [3.05, 3.63) is 41.5 Å². The highest BCUT2D eigenvalue weighted by atomic mass is 16.1. The Morgan fingerprint density at radius 3 is 2.89 bits per heavy atom. The van der Waals surface area contributed by atoms with Crippen LogP contribution in [0, 0.1) is 0 Å². The van der Waals surface area contributed by atoms with Crippen LogP contribution in [0.3, 0.4) is 0 Å². The number of hydrogen-bond acceptors (Lipinski definition) is 4. The molecule has 0 saturated carbocycles. The summed E-state index contributed by atoms with van der Waals surface area (Å²) in [5, 5.41) is 3.13. The number of hydrogen-bond donors (Lipinski definition) is 1. The monoisotopic (exact) mass is 247 g/mol. The third kappa shape index (κ3) is 2.77. The van der Waals surface area contributed by atoms with Crippen molar-refractivity contribution >= 4 is 5.82 Å². The van der Waals surface area contributed by atoms with Gasteiger partial charge in [0.2, 0.25) is 0 Å². The molecule has 2 heterocycles. The molecular formula is C12H17N5O. The van der Waals surface area contributed by atoms with Crippen molar-refractivity contribution in [1.29, 1.82) is 0 Å². The number of nitrogens with zero attached hydrogens (tertiary/aromatic N) is 4. The summed E-state index contributed by atoms with van der Waals surface area (Å²) in [5.74, 6) is 0.395. The van der Waals surface area contributed by atoms with Crippen LogP contribution < -0.4 is 10.9 Å². The molecule has 2 rings (SSSR count). The van der Waals surface area contributed by atoms with E-state index in [1.165, 1.54) is 0 Å². The zero-order valence-electron chi connectivity index (χ0n) is 10.6. The van der Waals surface area contributed by atoms with E-state index in [0.29, 0.717) is 12.4 Å². The zero-order valence-corrected chi connectivity index (χ0v) is 10.6. The van der Waals surface area contributed by atoms with Crippen LogP contribution in [0.1, 0.15) is 13.8 Å². The standard InChI is InChI=1S/C12H17N5O/c1-3-17-7-5-14-11(12(17)18)15-10(2)8-16-6-4-13-9-16/h4-7,9-10H,3,8H2,1-2H3,(H,14,15). The predicted octanol–water partition coefficient (Wildman–Crippen LogP) is 0.960. The first-order valence-electron chi connectivity index (χ1n) is 5.98. The Morgan fingerprint density at radius 2 is 2.22 bits per heavy atom. The first-order chi connectivity index (χ1) is 8.70. The second-order valence-electron chi connectivity index (χ2n) is 4.17. The molecule has 96 valence electrons. The number of rotatable bonds is 5. The first kappa shape index (κ1) is 12.3. The fourth-order valence-electron chi connectivity index (χ4n) is 1.79. The number of imidazole rings is 1. The largest absolute Gasteiger partial charge is 0.361 e. The third-order valence-corrected chi connectivity index (χ3v) is 2.68. The summed E-state index contributed by atoms with van der Waals surface area (Å²) in [6.07, 6.45) is 8.70. The van der Waals surface area contributed by atoms with Crippen molar-refractivity contribution in [3.63, 3.8) is 0 Å². The lowest BCUT2D eigenvalue weighted by Crippen LogP contribution is -2.29. The van der Waals surface area contributed by atoms with Crippen molar-refractivity contribution in [3.8, 4) is 0 Å². The quantitative estimate of drug-likeness (QED) is 0.854. The molecule has 0 aliphatic carbocycles. The normalized spacial score (nSPS) is 12.3. The molecule has 6 heteroatoms. The Kier molecular flexibility index (Phi) is 3.76. The summed E-state index contributed by atoms with van der Waals surface area (Å²) in [6, 6.07) is 0.104. The summed E-state index contributed by atoms with van der Waals surface area (Å²) in [7, 11) is 0. The minimum absolute atomic E-state index is 0.0857. The van der Waals surface area contributed by atoms with Crippen LogP contribution in [0.4, 0.5) is 5.82 Å². The number of aryl methyl sites for hydroxylation is 1. The molecule has 2 aromatic heterocycles. The molecule has 0 amide bonds. The summed E-state index contributed by atoms with van der Waals surface area (Å²) < 4.78 is 3.58. The van der Waals surface area contributed by atoms with Crippen LogP contribution in [-0.4, -0.2) is 25.1 Å². The fraction of sp³-hybridized carbons (Fsp3) is 0.417. The zero-order chi connectivity index (χ0) is 13.0. The van der Waals surface area contributed by atoms with E-state index >= 15 is 0 Å². The van der Waals surface area contributed by atoms with E-state index in [1.54, 1.807) is 29.5 Å². The van der Waals surface area contributed by atoms with E-state index in [4.69, 9.17) is 0 Å². The molecule has 2 aromatic rings. The average Bonchev–Trinajstić information content (AvgIpc) is 2.84. The maximum absolute atomic E-state index is 12.0. The SMILES string of the molecule is CCn1ccnc(NC(C)Cn2ccnc2)c1=O. The van der Waals surface area contributed by atoms with Crippen molar-refractivity contribution in [2.24, 2.45) is 0 Å². The van der Waals surface area contributed by atoms with Crippen LogP contribution >= 0.6 is 0 Å². The van der Waals surface area contributed by atoms with Gasteiger partial charge in [0, 0.05) is 43.9 Å². The van der Waals surface area contributed by atoms with E-state index in [9.17, 15) is 4.79 Å². The number of anilines is 1. The van der Waals surface area contributed by atoms with E-state index in [0.717, 1.165) is 6.54 Å². The van der Waals surface area contributed by atoms with E-state index in [2.05, 4.69) is 15.3 Å². The third-order valence-electron chi connectivity index (χ3n) is 2.68. The highest BCUT2D eigenvalue weighted by molar-refractivity contribution is 5.31. The van der Waals surface area contributed by atoms with E-state index in [-0.39, 0.29) is 11.6 Å². The van der Waals surface area contributed by atoms with E-state index in [1.807, 2.05) is 24.6 Å². The van der Waals surface area contributed by atoms with Crippen LogP contribution in [0.25, 0.3) is 0 Å². The van der Waals surface area contributed by atoms with Crippen molar-refractivity contribution < 1.29 is 0 Å². The summed E-state index contributed by atoms with van der Waals surface area (Å²) in [6.45, 7) is 5.32. The maximum Gasteiger partial charge on any atom is 0.293 e. The van der Waals surface area contributed by atoms with Gasteiger partial charge in [0.05, 0.1) is 6.33 Å². The minimum Gasteiger partial charge on any atom is -0.361 e. The Labute approximate surface area is 105 Å². The molecule has 0 aliphatic heterocycles. The summed E-state index contributed by atoms with van der Waals surface area (Å²) in [4.78, 5) is 20.0. The molecule has 0 spiro atoms. The highest BCUT2D eigenvalue weighted by Gasteiger charge is 2.08. The first-order valence-corrected chi connectivity index (χ1v) is 5.98. The molecule has 1 unspecified atom stereocenters. The van der Waals surface area contributed by atoms with Crippen molar-refractivity contribution in [1.82, 2.24) is 19.1 Å². The van der Waals surface area contributed by atoms with Gasteiger partial charge in [0.25, 0.3) is 5.56 Å². The van der Waals surface area contributed by atoms with Gasteiger partial charge in [0.1, 0.15) is 0 Å². The molecule has 0 radical (unpaired) electrons. The molecule has 1 N–H and O–H groups in total. The van der Waals surface area contributed by atoms with Gasteiger partial charge in [-0.3, -0.25) is 4.79 Å². The second kappa shape index (κ2) is 5.48. The number of aromatic nitrogens is 4. The highest BCUT2D eigenvalue weighted by Crippen LogP contribution is 2.00. The van der Waals surface area contributed by atoms with Gasteiger partial charge in [-0.25, -0.2) is 9.97 Å². The number of nitrogens with one attached hydrogen (secondary N) is 1. The Bertz CT molecular complexity index is 546. The molecule has 0 saturated heterocycles. The minimum atomic E-state index is -0.0857. The Balaban J connectivity index is 2.07.